The van der Waals surface area contributed by atoms with Crippen LogP contribution in [0.3, 0.4) is 0 Å². The molecule has 1 heterocycles. The highest BCUT2D eigenvalue weighted by Gasteiger charge is 2.19. The molecule has 2 rings (SSSR count). The second-order valence-electron chi connectivity index (χ2n) is 5.28. The first-order chi connectivity index (χ1) is 11.7. The third-order valence-corrected chi connectivity index (χ3v) is 3.60. The topological polar surface area (TPSA) is 68.7 Å². The van der Waals surface area contributed by atoms with Gasteiger partial charge in [0, 0.05) is 25.2 Å². The molecular formula is C18H22N2O4. The Morgan fingerprint density at radius 1 is 1.21 bits per heavy atom. The van der Waals surface area contributed by atoms with Crippen molar-refractivity contribution >= 4 is 22.8 Å². The van der Waals surface area contributed by atoms with E-state index in [0.29, 0.717) is 19.8 Å². The number of esters is 1. The molecule has 0 fully saturated rings. The van der Waals surface area contributed by atoms with E-state index in [0.717, 1.165) is 16.5 Å². The van der Waals surface area contributed by atoms with Crippen LogP contribution < -0.4 is 0 Å². The highest BCUT2D eigenvalue weighted by atomic mass is 16.5. The number of pyridine rings is 1. The standard InChI is InChI=1S/C18H22N2O4/c1-3-24-17(22)13-20(10-11-23-2)16(21)12-15-7-4-6-14-8-5-9-19-18(14)15/h4-9H,3,10-13H2,1-2H3. The summed E-state index contributed by atoms with van der Waals surface area (Å²) in [4.78, 5) is 30.2. The maximum atomic E-state index is 12.6. The van der Waals surface area contributed by atoms with E-state index >= 15 is 0 Å². The van der Waals surface area contributed by atoms with Crippen LogP contribution in [0.1, 0.15) is 12.5 Å². The number of amides is 1. The summed E-state index contributed by atoms with van der Waals surface area (Å²) in [7, 11) is 1.56. The predicted molar refractivity (Wildman–Crippen MR) is 90.5 cm³/mol. The number of hydrogen-bond acceptors (Lipinski definition) is 5. The average molecular weight is 330 g/mol. The van der Waals surface area contributed by atoms with Crippen LogP contribution in [0.25, 0.3) is 10.9 Å². The molecule has 1 amide bonds. The van der Waals surface area contributed by atoms with Crippen LogP contribution in [-0.4, -0.2) is 55.2 Å². The van der Waals surface area contributed by atoms with E-state index in [1.807, 2.05) is 30.3 Å². The van der Waals surface area contributed by atoms with Crippen molar-refractivity contribution in [3.63, 3.8) is 0 Å². The van der Waals surface area contributed by atoms with Crippen molar-refractivity contribution in [2.45, 2.75) is 13.3 Å². The predicted octanol–water partition coefficient (Wildman–Crippen LogP) is 1.82. The zero-order valence-electron chi connectivity index (χ0n) is 14.0. The summed E-state index contributed by atoms with van der Waals surface area (Å²) >= 11 is 0. The van der Waals surface area contributed by atoms with Crippen LogP contribution >= 0.6 is 0 Å². The molecule has 1 aromatic carbocycles. The molecule has 0 N–H and O–H groups in total. The molecule has 2 aromatic rings. The Bertz CT molecular complexity index is 697. The van der Waals surface area contributed by atoms with Gasteiger partial charge in [-0.05, 0) is 18.6 Å². The number of methoxy groups -OCH3 is 1. The number of aromatic nitrogens is 1. The molecule has 0 spiro atoms. The quantitative estimate of drug-likeness (QED) is 0.691. The lowest BCUT2D eigenvalue weighted by Crippen LogP contribution is -2.39. The first kappa shape index (κ1) is 17.9. The first-order valence-electron chi connectivity index (χ1n) is 7.90. The Labute approximate surface area is 141 Å². The minimum Gasteiger partial charge on any atom is -0.465 e. The summed E-state index contributed by atoms with van der Waals surface area (Å²) in [5, 5.41) is 0.983. The lowest BCUT2D eigenvalue weighted by atomic mass is 10.1. The van der Waals surface area contributed by atoms with E-state index in [9.17, 15) is 9.59 Å². The Morgan fingerprint density at radius 3 is 2.75 bits per heavy atom. The highest BCUT2D eigenvalue weighted by Crippen LogP contribution is 2.17. The van der Waals surface area contributed by atoms with Crippen molar-refractivity contribution in [1.82, 2.24) is 9.88 Å². The number of hydrogen-bond donors (Lipinski definition) is 0. The minimum absolute atomic E-state index is 0.0752. The second kappa shape index (κ2) is 8.98. The van der Waals surface area contributed by atoms with E-state index < -0.39 is 5.97 Å². The molecular weight excluding hydrogens is 308 g/mol. The van der Waals surface area contributed by atoms with Gasteiger partial charge >= 0.3 is 5.97 Å². The maximum absolute atomic E-state index is 12.6. The van der Waals surface area contributed by atoms with Crippen molar-refractivity contribution in [2.24, 2.45) is 0 Å². The van der Waals surface area contributed by atoms with Gasteiger partial charge in [0.1, 0.15) is 6.54 Å². The fourth-order valence-corrected chi connectivity index (χ4v) is 2.44. The molecule has 0 aliphatic heterocycles. The van der Waals surface area contributed by atoms with Crippen molar-refractivity contribution in [1.29, 1.82) is 0 Å². The molecule has 0 radical (unpaired) electrons. The number of carbonyl (C=O) groups excluding carboxylic acids is 2. The number of rotatable bonds is 8. The molecule has 0 aliphatic rings. The van der Waals surface area contributed by atoms with Gasteiger partial charge < -0.3 is 14.4 Å². The van der Waals surface area contributed by atoms with Gasteiger partial charge in [0.2, 0.25) is 5.91 Å². The van der Waals surface area contributed by atoms with Crippen molar-refractivity contribution in [3.8, 4) is 0 Å². The summed E-state index contributed by atoms with van der Waals surface area (Å²) in [5.74, 6) is -0.573. The highest BCUT2D eigenvalue weighted by molar-refractivity contribution is 5.89. The Hall–Kier alpha value is -2.47. The van der Waals surface area contributed by atoms with Crippen molar-refractivity contribution in [2.75, 3.05) is 33.4 Å². The van der Waals surface area contributed by atoms with Gasteiger partial charge in [0.05, 0.1) is 25.2 Å². The average Bonchev–Trinajstić information content (AvgIpc) is 2.59. The molecule has 128 valence electrons. The summed E-state index contributed by atoms with van der Waals surface area (Å²) < 4.78 is 9.96. The van der Waals surface area contributed by atoms with Gasteiger partial charge in [-0.2, -0.15) is 0 Å². The second-order valence-corrected chi connectivity index (χ2v) is 5.28. The smallest absolute Gasteiger partial charge is 0.325 e. The number of ether oxygens (including phenoxy) is 2. The molecule has 0 unspecified atom stereocenters. The van der Waals surface area contributed by atoms with Crippen molar-refractivity contribution in [3.05, 3.63) is 42.1 Å². The summed E-state index contributed by atoms with van der Waals surface area (Å²) in [5.41, 5.74) is 1.64. The number of nitrogens with zero attached hydrogens (tertiary/aromatic N) is 2. The third kappa shape index (κ3) is 4.76. The van der Waals surface area contributed by atoms with Crippen LogP contribution in [0.5, 0.6) is 0 Å². The minimum atomic E-state index is -0.419. The molecule has 0 aliphatic carbocycles. The Morgan fingerprint density at radius 2 is 2.00 bits per heavy atom. The van der Waals surface area contributed by atoms with E-state index in [4.69, 9.17) is 9.47 Å². The summed E-state index contributed by atoms with van der Waals surface area (Å²) in [6.45, 7) is 2.65. The van der Waals surface area contributed by atoms with Gasteiger partial charge in [-0.25, -0.2) is 0 Å². The van der Waals surface area contributed by atoms with Gasteiger partial charge in [-0.15, -0.1) is 0 Å². The molecule has 6 nitrogen and oxygen atoms in total. The maximum Gasteiger partial charge on any atom is 0.325 e. The zero-order chi connectivity index (χ0) is 17.4. The van der Waals surface area contributed by atoms with E-state index in [1.165, 1.54) is 4.90 Å². The fourth-order valence-electron chi connectivity index (χ4n) is 2.44. The van der Waals surface area contributed by atoms with Crippen LogP contribution in [0.15, 0.2) is 36.5 Å². The van der Waals surface area contributed by atoms with Gasteiger partial charge in [-0.1, -0.05) is 24.3 Å². The SMILES string of the molecule is CCOC(=O)CN(CCOC)C(=O)Cc1cccc2cccnc12. The van der Waals surface area contributed by atoms with Crippen LogP contribution in [0.4, 0.5) is 0 Å². The fraction of sp³-hybridized carbons (Fsp3) is 0.389. The Balaban J connectivity index is 2.14. The molecule has 0 saturated heterocycles. The van der Waals surface area contributed by atoms with E-state index in [2.05, 4.69) is 4.98 Å². The molecule has 0 saturated carbocycles. The van der Waals surface area contributed by atoms with Gasteiger partial charge in [-0.3, -0.25) is 14.6 Å². The van der Waals surface area contributed by atoms with Crippen molar-refractivity contribution < 1.29 is 19.1 Å². The lowest BCUT2D eigenvalue weighted by Gasteiger charge is -2.21. The van der Waals surface area contributed by atoms with Crippen LogP contribution in [0.2, 0.25) is 0 Å². The number of fused-ring (bicyclic) bond motifs is 1. The molecule has 24 heavy (non-hydrogen) atoms. The third-order valence-electron chi connectivity index (χ3n) is 3.60. The molecule has 0 atom stereocenters. The zero-order valence-corrected chi connectivity index (χ0v) is 14.0. The number of carbonyl (C=O) groups is 2. The number of benzene rings is 1. The summed E-state index contributed by atoms with van der Waals surface area (Å²) in [6.07, 6.45) is 1.88. The summed E-state index contributed by atoms with van der Waals surface area (Å²) in [6, 6.07) is 9.55. The molecule has 0 bridgehead atoms. The van der Waals surface area contributed by atoms with E-state index in [1.54, 1.807) is 20.2 Å². The normalized spacial score (nSPS) is 10.6. The van der Waals surface area contributed by atoms with Crippen LogP contribution in [-0.2, 0) is 25.5 Å². The van der Waals surface area contributed by atoms with Crippen LogP contribution in [0, 0.1) is 0 Å². The Kier molecular flexibility index (Phi) is 6.69. The first-order valence-corrected chi connectivity index (χ1v) is 7.90. The number of para-hydroxylation sites is 1. The largest absolute Gasteiger partial charge is 0.465 e. The van der Waals surface area contributed by atoms with Gasteiger partial charge in [0.25, 0.3) is 0 Å². The molecule has 6 heteroatoms. The molecule has 1 aromatic heterocycles. The lowest BCUT2D eigenvalue weighted by molar-refractivity contribution is -0.149. The monoisotopic (exact) mass is 330 g/mol. The van der Waals surface area contributed by atoms with E-state index in [-0.39, 0.29) is 18.9 Å². The van der Waals surface area contributed by atoms with Gasteiger partial charge in [0.15, 0.2) is 0 Å².